The van der Waals surface area contributed by atoms with Gasteiger partial charge in [-0.3, -0.25) is 4.98 Å². The van der Waals surface area contributed by atoms with E-state index >= 15 is 0 Å². The van der Waals surface area contributed by atoms with Gasteiger partial charge in [-0.15, -0.1) is 5.10 Å². The molecule has 158 valence electrons. The Balaban J connectivity index is 1.61. The minimum atomic E-state index is -0.724. The van der Waals surface area contributed by atoms with Gasteiger partial charge in [-0.05, 0) is 43.3 Å². The molecule has 2 aromatic heterocycles. The first-order valence-corrected chi connectivity index (χ1v) is 10.3. The predicted molar refractivity (Wildman–Crippen MR) is 122 cm³/mol. The summed E-state index contributed by atoms with van der Waals surface area (Å²) in [5.41, 5.74) is 2.36. The summed E-state index contributed by atoms with van der Waals surface area (Å²) in [7, 11) is 0. The highest BCUT2D eigenvalue weighted by Crippen LogP contribution is 2.36. The molecule has 1 unspecified atom stereocenters. The van der Waals surface area contributed by atoms with Crippen LogP contribution in [-0.4, -0.2) is 26.7 Å². The van der Waals surface area contributed by atoms with Gasteiger partial charge in [0, 0.05) is 23.3 Å². The lowest BCUT2D eigenvalue weighted by atomic mass is 10.1. The number of pyridine rings is 2. The Morgan fingerprint density at radius 3 is 2.62 bits per heavy atom. The first-order chi connectivity index (χ1) is 15.6. The number of para-hydroxylation sites is 2. The Labute approximate surface area is 188 Å². The van der Waals surface area contributed by atoms with E-state index in [1.807, 2.05) is 30.3 Å². The van der Waals surface area contributed by atoms with Crippen LogP contribution in [0.5, 0.6) is 0 Å². The van der Waals surface area contributed by atoms with Crippen LogP contribution in [0.4, 0.5) is 10.1 Å². The van der Waals surface area contributed by atoms with Crippen LogP contribution in [0.25, 0.3) is 10.9 Å². The fourth-order valence-electron chi connectivity index (χ4n) is 3.44. The lowest BCUT2D eigenvalue weighted by Gasteiger charge is -2.22. The highest BCUT2D eigenvalue weighted by Gasteiger charge is 2.34. The Morgan fingerprint density at radius 2 is 1.81 bits per heavy atom. The van der Waals surface area contributed by atoms with Crippen LogP contribution in [0.1, 0.15) is 24.3 Å². The molecule has 2 aromatic carbocycles. The molecular weight excluding hydrogens is 429 g/mol. The SMILES string of the molecule is CC(=Nc1ccccc1F)N1N=C(c2ccncc2)OC1c1cc2ccccc2nc1Cl. The van der Waals surface area contributed by atoms with Crippen molar-refractivity contribution in [3.8, 4) is 0 Å². The van der Waals surface area contributed by atoms with Crippen molar-refractivity contribution in [3.05, 3.63) is 101 Å². The number of rotatable bonds is 3. The molecule has 0 saturated carbocycles. The standard InChI is InChI=1S/C24H17ClFN5O/c1-15(28-21-9-5-3-7-19(21)26)31-24(32-23(30-31)16-10-12-27-13-11-16)18-14-17-6-2-4-8-20(17)29-22(18)25/h2-14,24H,1H3. The van der Waals surface area contributed by atoms with Crippen molar-refractivity contribution >= 4 is 39.9 Å². The topological polar surface area (TPSA) is 63.0 Å². The molecule has 4 aromatic rings. The van der Waals surface area contributed by atoms with E-state index in [-0.39, 0.29) is 5.69 Å². The maximum absolute atomic E-state index is 14.2. The van der Waals surface area contributed by atoms with E-state index in [9.17, 15) is 4.39 Å². The van der Waals surface area contributed by atoms with Crippen LogP contribution >= 0.6 is 11.6 Å². The first-order valence-electron chi connectivity index (χ1n) is 9.90. The van der Waals surface area contributed by atoms with Gasteiger partial charge in [-0.2, -0.15) is 0 Å². The second-order valence-corrected chi connectivity index (χ2v) is 7.49. The summed E-state index contributed by atoms with van der Waals surface area (Å²) in [6.45, 7) is 1.74. The zero-order valence-electron chi connectivity index (χ0n) is 17.0. The Morgan fingerprint density at radius 1 is 1.06 bits per heavy atom. The number of hydrazone groups is 1. The number of fused-ring (bicyclic) bond motifs is 1. The Kier molecular flexibility index (Phi) is 5.25. The molecule has 1 aliphatic rings. The summed E-state index contributed by atoms with van der Waals surface area (Å²) in [6.07, 6.45) is 2.59. The van der Waals surface area contributed by atoms with Crippen molar-refractivity contribution in [3.63, 3.8) is 0 Å². The molecule has 0 saturated heterocycles. The third kappa shape index (κ3) is 3.78. The second-order valence-electron chi connectivity index (χ2n) is 7.13. The molecule has 5 rings (SSSR count). The van der Waals surface area contributed by atoms with Crippen LogP contribution < -0.4 is 0 Å². The van der Waals surface area contributed by atoms with E-state index in [1.165, 1.54) is 6.07 Å². The summed E-state index contributed by atoms with van der Waals surface area (Å²) >= 11 is 6.55. The average molecular weight is 446 g/mol. The maximum Gasteiger partial charge on any atom is 0.241 e. The summed E-state index contributed by atoms with van der Waals surface area (Å²) in [4.78, 5) is 13.0. The minimum absolute atomic E-state index is 0.207. The van der Waals surface area contributed by atoms with E-state index < -0.39 is 12.0 Å². The quantitative estimate of drug-likeness (QED) is 0.225. The Hall–Kier alpha value is -3.84. The summed E-state index contributed by atoms with van der Waals surface area (Å²) in [5.74, 6) is 0.394. The second kappa shape index (κ2) is 8.36. The van der Waals surface area contributed by atoms with Crippen LogP contribution in [-0.2, 0) is 4.74 Å². The molecule has 1 atom stereocenters. The number of aliphatic imine (C=N–C) groups is 1. The fourth-order valence-corrected chi connectivity index (χ4v) is 3.68. The van der Waals surface area contributed by atoms with E-state index in [0.29, 0.717) is 22.4 Å². The van der Waals surface area contributed by atoms with Gasteiger partial charge < -0.3 is 4.74 Å². The number of nitrogens with zero attached hydrogens (tertiary/aromatic N) is 5. The van der Waals surface area contributed by atoms with Crippen molar-refractivity contribution in [2.45, 2.75) is 13.2 Å². The van der Waals surface area contributed by atoms with E-state index in [4.69, 9.17) is 16.3 Å². The summed E-state index contributed by atoms with van der Waals surface area (Å²) < 4.78 is 20.4. The minimum Gasteiger partial charge on any atom is -0.446 e. The number of benzene rings is 2. The molecule has 8 heteroatoms. The van der Waals surface area contributed by atoms with Gasteiger partial charge in [0.15, 0.2) is 0 Å². The van der Waals surface area contributed by atoms with Crippen LogP contribution in [0.3, 0.4) is 0 Å². The van der Waals surface area contributed by atoms with Crippen molar-refractivity contribution in [1.29, 1.82) is 0 Å². The summed E-state index contributed by atoms with van der Waals surface area (Å²) in [6, 6.07) is 19.5. The molecule has 0 radical (unpaired) electrons. The van der Waals surface area contributed by atoms with Crippen molar-refractivity contribution in [1.82, 2.24) is 15.0 Å². The number of halogens is 2. The number of hydrogen-bond acceptors (Lipinski definition) is 5. The largest absolute Gasteiger partial charge is 0.446 e. The van der Waals surface area contributed by atoms with Gasteiger partial charge >= 0.3 is 0 Å². The molecule has 1 aliphatic heterocycles. The third-order valence-electron chi connectivity index (χ3n) is 5.01. The zero-order chi connectivity index (χ0) is 22.1. The van der Waals surface area contributed by atoms with Gasteiger partial charge in [0.2, 0.25) is 12.1 Å². The van der Waals surface area contributed by atoms with Crippen molar-refractivity contribution in [2.75, 3.05) is 0 Å². The zero-order valence-corrected chi connectivity index (χ0v) is 17.7. The normalized spacial score (nSPS) is 16.2. The molecule has 0 spiro atoms. The highest BCUT2D eigenvalue weighted by atomic mass is 35.5. The first kappa shape index (κ1) is 20.1. The molecule has 3 heterocycles. The maximum atomic E-state index is 14.2. The van der Waals surface area contributed by atoms with Gasteiger partial charge in [-0.1, -0.05) is 41.9 Å². The third-order valence-corrected chi connectivity index (χ3v) is 5.31. The molecule has 0 N–H and O–H groups in total. The van der Waals surface area contributed by atoms with Crippen LogP contribution in [0.15, 0.2) is 89.2 Å². The number of amidine groups is 1. The van der Waals surface area contributed by atoms with Gasteiger partial charge in [0.1, 0.15) is 22.5 Å². The molecule has 0 aliphatic carbocycles. The van der Waals surface area contributed by atoms with E-state index in [2.05, 4.69) is 20.1 Å². The number of hydrogen-bond donors (Lipinski definition) is 0. The van der Waals surface area contributed by atoms with Crippen molar-refractivity contribution < 1.29 is 9.13 Å². The molecule has 0 bridgehead atoms. The molecule has 0 amide bonds. The van der Waals surface area contributed by atoms with Gasteiger partial charge in [0.05, 0.1) is 11.1 Å². The van der Waals surface area contributed by atoms with Crippen molar-refractivity contribution in [2.24, 2.45) is 10.1 Å². The Bertz CT molecular complexity index is 1360. The fraction of sp³-hybridized carbons (Fsp3) is 0.0833. The lowest BCUT2D eigenvalue weighted by Crippen LogP contribution is -2.26. The smallest absolute Gasteiger partial charge is 0.241 e. The molecular formula is C24H17ClFN5O. The molecule has 32 heavy (non-hydrogen) atoms. The lowest BCUT2D eigenvalue weighted by molar-refractivity contribution is 0.110. The molecule has 0 fully saturated rings. The highest BCUT2D eigenvalue weighted by molar-refractivity contribution is 6.30. The predicted octanol–water partition coefficient (Wildman–Crippen LogP) is 5.87. The van der Waals surface area contributed by atoms with E-state index in [0.717, 1.165) is 16.5 Å². The van der Waals surface area contributed by atoms with Crippen LogP contribution in [0, 0.1) is 5.82 Å². The van der Waals surface area contributed by atoms with E-state index in [1.54, 1.807) is 54.7 Å². The monoisotopic (exact) mass is 445 g/mol. The van der Waals surface area contributed by atoms with Gasteiger partial charge in [0.25, 0.3) is 0 Å². The number of aromatic nitrogens is 2. The van der Waals surface area contributed by atoms with Crippen LogP contribution in [0.2, 0.25) is 5.15 Å². The number of ether oxygens (including phenoxy) is 1. The van der Waals surface area contributed by atoms with Gasteiger partial charge in [-0.25, -0.2) is 19.4 Å². The summed E-state index contributed by atoms with van der Waals surface area (Å²) in [5, 5.41) is 7.41. The average Bonchev–Trinajstić information content (AvgIpc) is 3.26. The molecule has 6 nitrogen and oxygen atoms in total.